The summed E-state index contributed by atoms with van der Waals surface area (Å²) in [6.07, 6.45) is 1.15. The standard InChI is InChI=1S/C16H21NS/c1-4-16(2,3)14-7-5-12(6-8-14)13-9-15(10-17)18-11-13/h5-9,11H,4,10,17H2,1-3H3. The van der Waals surface area contributed by atoms with Crippen molar-refractivity contribution in [3.8, 4) is 11.1 Å². The molecule has 1 nitrogen and oxygen atoms in total. The van der Waals surface area contributed by atoms with E-state index in [4.69, 9.17) is 5.73 Å². The minimum atomic E-state index is 0.260. The molecule has 0 atom stereocenters. The normalized spacial score (nSPS) is 11.8. The van der Waals surface area contributed by atoms with Crippen LogP contribution in [0.4, 0.5) is 0 Å². The Morgan fingerprint density at radius 2 is 1.78 bits per heavy atom. The van der Waals surface area contributed by atoms with E-state index >= 15 is 0 Å². The van der Waals surface area contributed by atoms with Crippen molar-refractivity contribution < 1.29 is 0 Å². The van der Waals surface area contributed by atoms with E-state index in [0.29, 0.717) is 6.54 Å². The second-order valence-electron chi connectivity index (χ2n) is 5.32. The molecular formula is C16H21NS. The van der Waals surface area contributed by atoms with Crippen LogP contribution in [0.5, 0.6) is 0 Å². The van der Waals surface area contributed by atoms with Crippen LogP contribution in [0.3, 0.4) is 0 Å². The Balaban J connectivity index is 2.27. The highest BCUT2D eigenvalue weighted by atomic mass is 32.1. The number of rotatable bonds is 4. The number of thiophene rings is 1. The zero-order chi connectivity index (χ0) is 13.2. The molecule has 2 N–H and O–H groups in total. The Morgan fingerprint density at radius 3 is 2.28 bits per heavy atom. The van der Waals surface area contributed by atoms with E-state index in [1.54, 1.807) is 11.3 Å². The lowest BCUT2D eigenvalue weighted by molar-refractivity contribution is 0.506. The van der Waals surface area contributed by atoms with Gasteiger partial charge in [0.2, 0.25) is 0 Å². The van der Waals surface area contributed by atoms with Gasteiger partial charge in [0.1, 0.15) is 0 Å². The number of hydrogen-bond acceptors (Lipinski definition) is 2. The van der Waals surface area contributed by atoms with E-state index in [1.165, 1.54) is 21.6 Å². The van der Waals surface area contributed by atoms with Gasteiger partial charge in [-0.1, -0.05) is 45.0 Å². The van der Waals surface area contributed by atoms with Crippen molar-refractivity contribution in [1.29, 1.82) is 0 Å². The first-order valence-electron chi connectivity index (χ1n) is 6.45. The van der Waals surface area contributed by atoms with Gasteiger partial charge in [-0.2, -0.15) is 0 Å². The van der Waals surface area contributed by atoms with Gasteiger partial charge in [-0.15, -0.1) is 11.3 Å². The molecule has 2 aromatic rings. The first kappa shape index (κ1) is 13.3. The van der Waals surface area contributed by atoms with Gasteiger partial charge in [-0.25, -0.2) is 0 Å². The van der Waals surface area contributed by atoms with Crippen LogP contribution in [0.2, 0.25) is 0 Å². The fourth-order valence-corrected chi connectivity index (χ4v) is 2.73. The second kappa shape index (κ2) is 5.25. The van der Waals surface area contributed by atoms with Crippen molar-refractivity contribution in [2.45, 2.75) is 39.2 Å². The molecule has 18 heavy (non-hydrogen) atoms. The summed E-state index contributed by atoms with van der Waals surface area (Å²) in [5.41, 5.74) is 9.87. The zero-order valence-corrected chi connectivity index (χ0v) is 12.2. The van der Waals surface area contributed by atoms with E-state index < -0.39 is 0 Å². The van der Waals surface area contributed by atoms with Crippen LogP contribution in [0, 0.1) is 0 Å². The zero-order valence-electron chi connectivity index (χ0n) is 11.4. The molecule has 0 fully saturated rings. The van der Waals surface area contributed by atoms with E-state index in [2.05, 4.69) is 56.5 Å². The molecular weight excluding hydrogens is 238 g/mol. The monoisotopic (exact) mass is 259 g/mol. The molecule has 0 bridgehead atoms. The molecule has 2 rings (SSSR count). The Labute approximate surface area is 114 Å². The molecule has 0 aliphatic carbocycles. The Morgan fingerprint density at radius 1 is 1.11 bits per heavy atom. The lowest BCUT2D eigenvalue weighted by atomic mass is 9.82. The van der Waals surface area contributed by atoms with E-state index in [0.717, 1.165) is 6.42 Å². The fourth-order valence-electron chi connectivity index (χ4n) is 1.96. The van der Waals surface area contributed by atoms with Gasteiger partial charge in [0.05, 0.1) is 0 Å². The van der Waals surface area contributed by atoms with Crippen molar-refractivity contribution >= 4 is 11.3 Å². The van der Waals surface area contributed by atoms with Gasteiger partial charge in [0.25, 0.3) is 0 Å². The average molecular weight is 259 g/mol. The number of hydrogen-bond donors (Lipinski definition) is 1. The van der Waals surface area contributed by atoms with Crippen molar-refractivity contribution in [3.63, 3.8) is 0 Å². The largest absolute Gasteiger partial charge is 0.326 e. The van der Waals surface area contributed by atoms with Crippen LogP contribution >= 0.6 is 11.3 Å². The number of nitrogens with two attached hydrogens (primary N) is 1. The van der Waals surface area contributed by atoms with Gasteiger partial charge >= 0.3 is 0 Å². The summed E-state index contributed by atoms with van der Waals surface area (Å²) in [7, 11) is 0. The topological polar surface area (TPSA) is 26.0 Å². The maximum Gasteiger partial charge on any atom is 0.0274 e. The molecule has 1 aromatic heterocycles. The van der Waals surface area contributed by atoms with Crippen LogP contribution in [-0.2, 0) is 12.0 Å². The molecule has 0 amide bonds. The minimum absolute atomic E-state index is 0.260. The summed E-state index contributed by atoms with van der Waals surface area (Å²) in [4.78, 5) is 1.24. The highest BCUT2D eigenvalue weighted by molar-refractivity contribution is 7.10. The summed E-state index contributed by atoms with van der Waals surface area (Å²) >= 11 is 1.73. The summed E-state index contributed by atoms with van der Waals surface area (Å²) in [5.74, 6) is 0. The van der Waals surface area contributed by atoms with Crippen molar-refractivity contribution in [2.24, 2.45) is 5.73 Å². The van der Waals surface area contributed by atoms with Crippen molar-refractivity contribution in [1.82, 2.24) is 0 Å². The number of benzene rings is 1. The lowest BCUT2D eigenvalue weighted by Gasteiger charge is -2.23. The third-order valence-electron chi connectivity index (χ3n) is 3.74. The molecule has 0 spiro atoms. The Bertz CT molecular complexity index is 508. The summed E-state index contributed by atoms with van der Waals surface area (Å²) in [5, 5.41) is 2.18. The minimum Gasteiger partial charge on any atom is -0.326 e. The maximum atomic E-state index is 5.65. The fraction of sp³-hybridized carbons (Fsp3) is 0.375. The molecule has 0 aliphatic rings. The molecule has 2 heteroatoms. The molecule has 96 valence electrons. The van der Waals surface area contributed by atoms with Crippen molar-refractivity contribution in [3.05, 3.63) is 46.2 Å². The van der Waals surface area contributed by atoms with Crippen LogP contribution in [0.15, 0.2) is 35.7 Å². The van der Waals surface area contributed by atoms with Gasteiger partial charge in [0, 0.05) is 11.4 Å². The van der Waals surface area contributed by atoms with Crippen LogP contribution in [-0.4, -0.2) is 0 Å². The highest BCUT2D eigenvalue weighted by Crippen LogP contribution is 2.30. The second-order valence-corrected chi connectivity index (χ2v) is 6.32. The van der Waals surface area contributed by atoms with Crippen LogP contribution in [0.1, 0.15) is 37.6 Å². The van der Waals surface area contributed by atoms with E-state index in [-0.39, 0.29) is 5.41 Å². The molecule has 0 saturated heterocycles. The van der Waals surface area contributed by atoms with Gasteiger partial charge in [-0.05, 0) is 40.0 Å². The van der Waals surface area contributed by atoms with Gasteiger partial charge < -0.3 is 5.73 Å². The predicted octanol–water partition coefficient (Wildman–Crippen LogP) is 4.56. The molecule has 1 aromatic carbocycles. The third kappa shape index (κ3) is 2.65. The summed E-state index contributed by atoms with van der Waals surface area (Å²) < 4.78 is 0. The maximum absolute atomic E-state index is 5.65. The third-order valence-corrected chi connectivity index (χ3v) is 4.70. The van der Waals surface area contributed by atoms with Crippen LogP contribution in [0.25, 0.3) is 11.1 Å². The smallest absolute Gasteiger partial charge is 0.0274 e. The Hall–Kier alpha value is -1.12. The molecule has 1 heterocycles. The Kier molecular flexibility index (Phi) is 3.88. The summed E-state index contributed by atoms with van der Waals surface area (Å²) in [6.45, 7) is 7.45. The van der Waals surface area contributed by atoms with Crippen molar-refractivity contribution in [2.75, 3.05) is 0 Å². The predicted molar refractivity (Wildman–Crippen MR) is 81.0 cm³/mol. The molecule has 0 saturated carbocycles. The summed E-state index contributed by atoms with van der Waals surface area (Å²) in [6, 6.07) is 11.1. The quantitative estimate of drug-likeness (QED) is 0.855. The van der Waals surface area contributed by atoms with Gasteiger partial charge in [0.15, 0.2) is 0 Å². The molecule has 0 radical (unpaired) electrons. The van der Waals surface area contributed by atoms with E-state index in [9.17, 15) is 0 Å². The molecule has 0 aliphatic heterocycles. The van der Waals surface area contributed by atoms with E-state index in [1.807, 2.05) is 0 Å². The first-order valence-corrected chi connectivity index (χ1v) is 7.33. The lowest BCUT2D eigenvalue weighted by Crippen LogP contribution is -2.14. The van der Waals surface area contributed by atoms with Gasteiger partial charge in [-0.3, -0.25) is 0 Å². The average Bonchev–Trinajstić information content (AvgIpc) is 2.87. The molecule has 0 unspecified atom stereocenters. The first-order chi connectivity index (χ1) is 8.56. The van der Waals surface area contributed by atoms with Crippen LogP contribution < -0.4 is 5.73 Å². The highest BCUT2D eigenvalue weighted by Gasteiger charge is 2.17. The SMILES string of the molecule is CCC(C)(C)c1ccc(-c2csc(CN)c2)cc1.